The number of hydrogen-bond acceptors (Lipinski definition) is 4. The van der Waals surface area contributed by atoms with Crippen molar-refractivity contribution in [2.24, 2.45) is 0 Å². The molecule has 2 amide bonds. The van der Waals surface area contributed by atoms with Crippen LogP contribution in [-0.4, -0.2) is 44.1 Å². The number of hydrogen-bond donors (Lipinski definition) is 1. The number of carbonyl (C=O) groups excluding carboxylic acids is 2. The van der Waals surface area contributed by atoms with Gasteiger partial charge in [-0.25, -0.2) is 4.79 Å². The minimum Gasteiger partial charge on any atom is -0.450 e. The van der Waals surface area contributed by atoms with Crippen LogP contribution in [-0.2, 0) is 9.53 Å². The fraction of sp³-hybridized carbons (Fsp3) is 0.667. The molecule has 0 atom stereocenters. The standard InChI is InChI=1S/C12H22N2O3/c1-4-17-12(16)13-11(15)9-7-5-6-8-10-14(2)3/h7,9H,4-6,8,10H2,1-3H3,(H,13,15,16). The summed E-state index contributed by atoms with van der Waals surface area (Å²) in [4.78, 5) is 24.2. The van der Waals surface area contributed by atoms with E-state index in [-0.39, 0.29) is 6.61 Å². The number of nitrogens with one attached hydrogen (secondary N) is 1. The Morgan fingerprint density at radius 3 is 2.59 bits per heavy atom. The molecule has 5 heteroatoms. The van der Waals surface area contributed by atoms with Crippen molar-refractivity contribution in [3.8, 4) is 0 Å². The summed E-state index contributed by atoms with van der Waals surface area (Å²) in [5.74, 6) is -0.434. The second-order valence-electron chi connectivity index (χ2n) is 3.91. The maximum absolute atomic E-state index is 11.2. The molecule has 17 heavy (non-hydrogen) atoms. The molecule has 0 aliphatic rings. The van der Waals surface area contributed by atoms with E-state index >= 15 is 0 Å². The lowest BCUT2D eigenvalue weighted by Gasteiger charge is -2.07. The van der Waals surface area contributed by atoms with Crippen LogP contribution in [0.25, 0.3) is 0 Å². The van der Waals surface area contributed by atoms with Crippen LogP contribution in [0.5, 0.6) is 0 Å². The Kier molecular flexibility index (Phi) is 9.05. The van der Waals surface area contributed by atoms with Crippen molar-refractivity contribution in [1.29, 1.82) is 0 Å². The zero-order valence-corrected chi connectivity index (χ0v) is 10.9. The number of ether oxygens (including phenoxy) is 1. The lowest BCUT2D eigenvalue weighted by atomic mass is 10.2. The molecule has 98 valence electrons. The number of amides is 2. The summed E-state index contributed by atoms with van der Waals surface area (Å²) in [5, 5.41) is 2.09. The highest BCUT2D eigenvalue weighted by atomic mass is 16.5. The molecule has 0 spiro atoms. The molecule has 0 aliphatic heterocycles. The van der Waals surface area contributed by atoms with Gasteiger partial charge in [0.15, 0.2) is 0 Å². The van der Waals surface area contributed by atoms with Crippen molar-refractivity contribution in [3.63, 3.8) is 0 Å². The molecule has 0 bridgehead atoms. The normalized spacial score (nSPS) is 10.8. The van der Waals surface area contributed by atoms with Crippen molar-refractivity contribution in [3.05, 3.63) is 12.2 Å². The molecule has 0 aromatic rings. The van der Waals surface area contributed by atoms with Gasteiger partial charge in [-0.15, -0.1) is 0 Å². The fourth-order valence-electron chi connectivity index (χ4n) is 1.19. The third-order valence-electron chi connectivity index (χ3n) is 2.00. The quantitative estimate of drug-likeness (QED) is 0.543. The molecule has 0 radical (unpaired) electrons. The van der Waals surface area contributed by atoms with E-state index in [4.69, 9.17) is 0 Å². The summed E-state index contributed by atoms with van der Waals surface area (Å²) in [6, 6.07) is 0. The molecular weight excluding hydrogens is 220 g/mol. The molecule has 5 nitrogen and oxygen atoms in total. The largest absolute Gasteiger partial charge is 0.450 e. The van der Waals surface area contributed by atoms with Gasteiger partial charge in [0.05, 0.1) is 6.61 Å². The second kappa shape index (κ2) is 9.84. The Morgan fingerprint density at radius 2 is 2.00 bits per heavy atom. The number of allylic oxidation sites excluding steroid dienone is 1. The van der Waals surface area contributed by atoms with E-state index < -0.39 is 12.0 Å². The van der Waals surface area contributed by atoms with E-state index in [9.17, 15) is 9.59 Å². The molecule has 0 aromatic heterocycles. The summed E-state index contributed by atoms with van der Waals surface area (Å²) in [7, 11) is 4.06. The molecule has 0 rings (SSSR count). The Labute approximate surface area is 103 Å². The third kappa shape index (κ3) is 10.9. The van der Waals surface area contributed by atoms with Gasteiger partial charge >= 0.3 is 6.09 Å². The van der Waals surface area contributed by atoms with Crippen molar-refractivity contribution >= 4 is 12.0 Å². The highest BCUT2D eigenvalue weighted by Crippen LogP contribution is 1.97. The molecule has 0 aliphatic carbocycles. The van der Waals surface area contributed by atoms with E-state index in [0.29, 0.717) is 0 Å². The van der Waals surface area contributed by atoms with Gasteiger partial charge in [0.2, 0.25) is 0 Å². The number of alkyl carbamates (subject to hydrolysis) is 1. The van der Waals surface area contributed by atoms with Gasteiger partial charge in [-0.3, -0.25) is 10.1 Å². The zero-order chi connectivity index (χ0) is 13.1. The third-order valence-corrected chi connectivity index (χ3v) is 2.00. The predicted octanol–water partition coefficient (Wildman–Crippen LogP) is 1.55. The number of unbranched alkanes of at least 4 members (excludes halogenated alkanes) is 2. The van der Waals surface area contributed by atoms with Gasteiger partial charge in [-0.2, -0.15) is 0 Å². The Morgan fingerprint density at radius 1 is 1.29 bits per heavy atom. The van der Waals surface area contributed by atoms with E-state index in [2.05, 4.69) is 15.0 Å². The monoisotopic (exact) mass is 242 g/mol. The number of nitrogens with zero attached hydrogens (tertiary/aromatic N) is 1. The van der Waals surface area contributed by atoms with Crippen LogP contribution < -0.4 is 5.32 Å². The maximum atomic E-state index is 11.2. The maximum Gasteiger partial charge on any atom is 0.414 e. The van der Waals surface area contributed by atoms with Crippen LogP contribution >= 0.6 is 0 Å². The first-order valence-corrected chi connectivity index (χ1v) is 5.85. The van der Waals surface area contributed by atoms with Gasteiger partial charge in [-0.05, 0) is 52.9 Å². The summed E-state index contributed by atoms with van der Waals surface area (Å²) in [6.07, 6.45) is 5.40. The van der Waals surface area contributed by atoms with E-state index in [1.165, 1.54) is 6.08 Å². The fourth-order valence-corrected chi connectivity index (χ4v) is 1.19. The Hall–Kier alpha value is -1.36. The second-order valence-corrected chi connectivity index (χ2v) is 3.91. The minimum atomic E-state index is -0.699. The predicted molar refractivity (Wildman–Crippen MR) is 66.7 cm³/mol. The van der Waals surface area contributed by atoms with Crippen LogP contribution in [0.1, 0.15) is 26.2 Å². The average molecular weight is 242 g/mol. The lowest BCUT2D eigenvalue weighted by Crippen LogP contribution is -2.29. The van der Waals surface area contributed by atoms with Crippen LogP contribution in [0.2, 0.25) is 0 Å². The van der Waals surface area contributed by atoms with Crippen LogP contribution in [0, 0.1) is 0 Å². The van der Waals surface area contributed by atoms with Crippen molar-refractivity contribution < 1.29 is 14.3 Å². The molecule has 1 N–H and O–H groups in total. The zero-order valence-electron chi connectivity index (χ0n) is 10.9. The summed E-state index contributed by atoms with van der Waals surface area (Å²) >= 11 is 0. The average Bonchev–Trinajstić information content (AvgIpc) is 2.23. The molecule has 0 unspecified atom stereocenters. The Balaban J connectivity index is 3.57. The number of rotatable bonds is 7. The van der Waals surface area contributed by atoms with Crippen LogP contribution in [0.3, 0.4) is 0 Å². The molecule has 0 saturated carbocycles. The molecule has 0 saturated heterocycles. The first kappa shape index (κ1) is 15.6. The Bertz CT molecular complexity index is 262. The number of carbonyl (C=O) groups is 2. The van der Waals surface area contributed by atoms with Gasteiger partial charge in [-0.1, -0.05) is 6.08 Å². The van der Waals surface area contributed by atoms with E-state index in [0.717, 1.165) is 25.8 Å². The first-order valence-electron chi connectivity index (χ1n) is 5.85. The number of imide groups is 1. The molecule has 0 fully saturated rings. The highest BCUT2D eigenvalue weighted by molar-refractivity contribution is 5.98. The minimum absolute atomic E-state index is 0.257. The van der Waals surface area contributed by atoms with Crippen molar-refractivity contribution in [2.45, 2.75) is 26.2 Å². The SMILES string of the molecule is CCOC(=O)NC(=O)C=CCCCCN(C)C. The molecule has 0 aromatic carbocycles. The topological polar surface area (TPSA) is 58.6 Å². The summed E-state index contributed by atoms with van der Waals surface area (Å²) in [6.45, 7) is 2.99. The van der Waals surface area contributed by atoms with Crippen LogP contribution in [0.15, 0.2) is 12.2 Å². The van der Waals surface area contributed by atoms with Gasteiger partial charge in [0.25, 0.3) is 5.91 Å². The molecule has 0 heterocycles. The van der Waals surface area contributed by atoms with Gasteiger partial charge in [0.1, 0.15) is 0 Å². The van der Waals surface area contributed by atoms with E-state index in [1.54, 1.807) is 13.0 Å². The summed E-state index contributed by atoms with van der Waals surface area (Å²) in [5.41, 5.74) is 0. The van der Waals surface area contributed by atoms with Gasteiger partial charge < -0.3 is 9.64 Å². The molecular formula is C12H22N2O3. The smallest absolute Gasteiger partial charge is 0.414 e. The lowest BCUT2D eigenvalue weighted by molar-refractivity contribution is -0.115. The van der Waals surface area contributed by atoms with E-state index in [1.807, 2.05) is 14.1 Å². The summed E-state index contributed by atoms with van der Waals surface area (Å²) < 4.78 is 4.57. The van der Waals surface area contributed by atoms with Crippen LogP contribution in [0.4, 0.5) is 4.79 Å². The van der Waals surface area contributed by atoms with Crippen molar-refractivity contribution in [1.82, 2.24) is 10.2 Å². The highest BCUT2D eigenvalue weighted by Gasteiger charge is 2.03. The van der Waals surface area contributed by atoms with Gasteiger partial charge in [0, 0.05) is 0 Å². The first-order chi connectivity index (χ1) is 8.06. The van der Waals surface area contributed by atoms with Crippen molar-refractivity contribution in [2.75, 3.05) is 27.2 Å².